The van der Waals surface area contributed by atoms with E-state index in [1.807, 2.05) is 0 Å². The Morgan fingerprint density at radius 3 is 1.50 bits per heavy atom. The molecular formula is C4H16N6. The van der Waals surface area contributed by atoms with Crippen molar-refractivity contribution in [3.8, 4) is 0 Å². The van der Waals surface area contributed by atoms with Crippen LogP contribution in [0.1, 0.15) is 12.8 Å². The lowest BCUT2D eigenvalue weighted by Gasteiger charge is -2.02. The lowest BCUT2D eigenvalue weighted by molar-refractivity contribution is 0.492. The van der Waals surface area contributed by atoms with Gasteiger partial charge in [-0.2, -0.15) is 11.1 Å². The van der Waals surface area contributed by atoms with Gasteiger partial charge in [0, 0.05) is 13.1 Å². The van der Waals surface area contributed by atoms with E-state index in [1.165, 1.54) is 0 Å². The lowest BCUT2D eigenvalue weighted by atomic mass is 10.3. The van der Waals surface area contributed by atoms with Crippen LogP contribution in [0, 0.1) is 0 Å². The van der Waals surface area contributed by atoms with E-state index >= 15 is 0 Å². The second kappa shape index (κ2) is 8.76. The summed E-state index contributed by atoms with van der Waals surface area (Å²) in [6.45, 7) is 1.73. The molecule has 0 spiro atoms. The third-order valence-corrected chi connectivity index (χ3v) is 1.06. The summed E-state index contributed by atoms with van der Waals surface area (Å²) >= 11 is 0. The molecule has 8 N–H and O–H groups in total. The predicted molar refractivity (Wildman–Crippen MR) is 39.9 cm³/mol. The van der Waals surface area contributed by atoms with Crippen LogP contribution in [0.2, 0.25) is 0 Å². The van der Waals surface area contributed by atoms with Crippen LogP contribution in [0.3, 0.4) is 0 Å². The topological polar surface area (TPSA) is 100 Å². The maximum atomic E-state index is 4.96. The highest BCUT2D eigenvalue weighted by atomic mass is 15.5. The van der Waals surface area contributed by atoms with Crippen LogP contribution in [0.25, 0.3) is 0 Å². The van der Waals surface area contributed by atoms with Gasteiger partial charge < -0.3 is 0 Å². The zero-order chi connectivity index (χ0) is 7.66. The van der Waals surface area contributed by atoms with Gasteiger partial charge in [-0.25, -0.2) is 10.9 Å². The molecule has 6 nitrogen and oxygen atoms in total. The SMILES string of the molecule is NNNCCCCNNN. The van der Waals surface area contributed by atoms with Crippen molar-refractivity contribution in [2.45, 2.75) is 12.8 Å². The first-order valence-corrected chi connectivity index (χ1v) is 3.28. The normalized spacial score (nSPS) is 10.2. The second-order valence-electron chi connectivity index (χ2n) is 1.85. The van der Waals surface area contributed by atoms with Crippen LogP contribution in [0.15, 0.2) is 0 Å². The minimum atomic E-state index is 0.864. The van der Waals surface area contributed by atoms with Crippen molar-refractivity contribution in [2.24, 2.45) is 11.7 Å². The highest BCUT2D eigenvalue weighted by Crippen LogP contribution is 1.81. The van der Waals surface area contributed by atoms with Gasteiger partial charge in [-0.05, 0) is 12.8 Å². The fraction of sp³-hybridized carbons (Fsp3) is 1.00. The maximum absolute atomic E-state index is 4.96. The van der Waals surface area contributed by atoms with Crippen molar-refractivity contribution in [3.63, 3.8) is 0 Å². The van der Waals surface area contributed by atoms with E-state index < -0.39 is 0 Å². The summed E-state index contributed by atoms with van der Waals surface area (Å²) in [4.78, 5) is 0. The third kappa shape index (κ3) is 7.76. The van der Waals surface area contributed by atoms with Gasteiger partial charge in [0.05, 0.1) is 0 Å². The van der Waals surface area contributed by atoms with E-state index in [1.54, 1.807) is 0 Å². The van der Waals surface area contributed by atoms with Gasteiger partial charge in [0.1, 0.15) is 0 Å². The fourth-order valence-electron chi connectivity index (χ4n) is 0.571. The number of hydrogen-bond donors (Lipinski definition) is 6. The van der Waals surface area contributed by atoms with Crippen molar-refractivity contribution in [3.05, 3.63) is 0 Å². The Kier molecular flexibility index (Phi) is 8.55. The summed E-state index contributed by atoms with van der Waals surface area (Å²) < 4.78 is 0. The van der Waals surface area contributed by atoms with Crippen molar-refractivity contribution in [2.75, 3.05) is 13.1 Å². The van der Waals surface area contributed by atoms with Crippen LogP contribution >= 0.6 is 0 Å². The number of unbranched alkanes of at least 4 members (excludes halogenated alkanes) is 1. The van der Waals surface area contributed by atoms with Crippen molar-refractivity contribution in [1.82, 2.24) is 21.9 Å². The minimum Gasteiger partial charge on any atom is -0.258 e. The van der Waals surface area contributed by atoms with Gasteiger partial charge in [-0.1, -0.05) is 0 Å². The Bertz CT molecular complexity index is 49.7. The highest BCUT2D eigenvalue weighted by molar-refractivity contribution is 4.43. The first-order valence-electron chi connectivity index (χ1n) is 3.28. The van der Waals surface area contributed by atoms with Crippen molar-refractivity contribution < 1.29 is 0 Å². The lowest BCUT2D eigenvalue weighted by Crippen LogP contribution is -2.40. The summed E-state index contributed by atoms with van der Waals surface area (Å²) in [5.41, 5.74) is 10.2. The smallest absolute Gasteiger partial charge is 0.0113 e. The fourth-order valence-corrected chi connectivity index (χ4v) is 0.571. The van der Waals surface area contributed by atoms with Crippen molar-refractivity contribution in [1.29, 1.82) is 0 Å². The van der Waals surface area contributed by atoms with E-state index in [2.05, 4.69) is 21.9 Å². The van der Waals surface area contributed by atoms with Gasteiger partial charge in [-0.15, -0.1) is 0 Å². The Morgan fingerprint density at radius 2 is 1.20 bits per heavy atom. The van der Waals surface area contributed by atoms with E-state index in [9.17, 15) is 0 Å². The standard InChI is InChI=1S/C4H16N6/c5-9-7-3-1-2-4-8-10-6/h7-10H,1-6H2. The Morgan fingerprint density at radius 1 is 0.800 bits per heavy atom. The van der Waals surface area contributed by atoms with Crippen molar-refractivity contribution >= 4 is 0 Å². The monoisotopic (exact) mass is 148 g/mol. The molecule has 0 aromatic carbocycles. The Balaban J connectivity index is 2.65. The molecule has 0 aliphatic heterocycles. The average Bonchev–Trinajstić information content (AvgIpc) is 1.97. The first kappa shape index (κ1) is 9.76. The summed E-state index contributed by atoms with van der Waals surface area (Å²) in [5.74, 6) is 9.92. The quantitative estimate of drug-likeness (QED) is 0.138. The zero-order valence-corrected chi connectivity index (χ0v) is 5.98. The number of nitrogens with one attached hydrogen (secondary N) is 4. The Hall–Kier alpha value is -0.240. The second-order valence-corrected chi connectivity index (χ2v) is 1.85. The molecule has 6 heteroatoms. The molecule has 0 radical (unpaired) electrons. The van der Waals surface area contributed by atoms with Gasteiger partial charge in [0.25, 0.3) is 0 Å². The number of hydrogen-bond acceptors (Lipinski definition) is 6. The van der Waals surface area contributed by atoms with Crippen LogP contribution < -0.4 is 33.6 Å². The molecular weight excluding hydrogens is 132 g/mol. The minimum absolute atomic E-state index is 0.864. The van der Waals surface area contributed by atoms with Gasteiger partial charge in [-0.3, -0.25) is 11.7 Å². The summed E-state index contributed by atoms with van der Waals surface area (Å²) in [7, 11) is 0. The Labute approximate surface area is 60.6 Å². The number of hydrazine groups is 4. The molecule has 0 saturated heterocycles. The largest absolute Gasteiger partial charge is 0.258 e. The van der Waals surface area contributed by atoms with Crippen LogP contribution in [-0.2, 0) is 0 Å². The molecule has 0 saturated carbocycles. The molecule has 0 fully saturated rings. The van der Waals surface area contributed by atoms with Gasteiger partial charge >= 0.3 is 0 Å². The third-order valence-electron chi connectivity index (χ3n) is 1.06. The molecule has 0 bridgehead atoms. The molecule has 0 aliphatic rings. The van der Waals surface area contributed by atoms with Crippen LogP contribution in [0.5, 0.6) is 0 Å². The predicted octanol–water partition coefficient (Wildman–Crippen LogP) is -2.30. The summed E-state index contributed by atoms with van der Waals surface area (Å²) in [6, 6.07) is 0. The highest BCUT2D eigenvalue weighted by Gasteiger charge is 1.85. The van der Waals surface area contributed by atoms with E-state index in [4.69, 9.17) is 11.7 Å². The average molecular weight is 148 g/mol. The molecule has 0 atom stereocenters. The van der Waals surface area contributed by atoms with Gasteiger partial charge in [0.15, 0.2) is 0 Å². The molecule has 0 rings (SSSR count). The summed E-state index contributed by atoms with van der Waals surface area (Å²) in [5, 5.41) is 0. The van der Waals surface area contributed by atoms with E-state index in [-0.39, 0.29) is 0 Å². The molecule has 0 aliphatic carbocycles. The van der Waals surface area contributed by atoms with E-state index in [0.717, 1.165) is 25.9 Å². The van der Waals surface area contributed by atoms with Gasteiger partial charge in [0.2, 0.25) is 0 Å². The van der Waals surface area contributed by atoms with Crippen LogP contribution in [-0.4, -0.2) is 13.1 Å². The molecule has 0 unspecified atom stereocenters. The molecule has 0 aromatic heterocycles. The molecule has 0 heterocycles. The zero-order valence-electron chi connectivity index (χ0n) is 5.98. The summed E-state index contributed by atoms with van der Waals surface area (Å²) in [6.07, 6.45) is 2.11. The molecule has 0 aromatic rings. The van der Waals surface area contributed by atoms with Crippen LogP contribution in [0.4, 0.5) is 0 Å². The molecule has 62 valence electrons. The maximum Gasteiger partial charge on any atom is 0.0113 e. The number of rotatable bonds is 7. The number of nitrogens with two attached hydrogens (primary N) is 2. The first-order chi connectivity index (χ1) is 4.91. The molecule has 0 amide bonds. The molecule has 10 heavy (non-hydrogen) atoms. The van der Waals surface area contributed by atoms with E-state index in [0.29, 0.717) is 0 Å².